The van der Waals surface area contributed by atoms with Crippen LogP contribution in [0, 0.1) is 0 Å². The van der Waals surface area contributed by atoms with Crippen molar-refractivity contribution in [3.8, 4) is 0 Å². The zero-order valence-electron chi connectivity index (χ0n) is 13.3. The number of carbonyl (C=O) groups is 2. The van der Waals surface area contributed by atoms with Gasteiger partial charge in [-0.2, -0.15) is 0 Å². The molecule has 1 N–H and O–H groups in total. The van der Waals surface area contributed by atoms with E-state index >= 15 is 0 Å². The molecule has 0 radical (unpaired) electrons. The standard InChI is InChI=1S/C15H20ClN3O4/c1-15(2,3)23-14(21)19-7-8-22-9-10(19)13(20)18-12-6-4-5-11(16)17-12/h4-6,10H,7-9H2,1-3H3,(H,17,18,20)/t10-/m0/s1. The molecule has 1 aliphatic rings. The van der Waals surface area contributed by atoms with E-state index in [-0.39, 0.29) is 18.3 Å². The molecule has 0 aromatic carbocycles. The third-order valence-electron chi connectivity index (χ3n) is 3.03. The summed E-state index contributed by atoms with van der Waals surface area (Å²) in [4.78, 5) is 30.1. The summed E-state index contributed by atoms with van der Waals surface area (Å²) in [6, 6.07) is 4.12. The fraction of sp³-hybridized carbons (Fsp3) is 0.533. The molecule has 2 amide bonds. The number of hydrogen-bond acceptors (Lipinski definition) is 5. The van der Waals surface area contributed by atoms with E-state index in [9.17, 15) is 9.59 Å². The van der Waals surface area contributed by atoms with Crippen molar-refractivity contribution in [3.05, 3.63) is 23.4 Å². The number of hydrogen-bond donors (Lipinski definition) is 1. The van der Waals surface area contributed by atoms with E-state index in [4.69, 9.17) is 21.1 Å². The first-order valence-corrected chi connectivity index (χ1v) is 7.65. The number of anilines is 1. The Labute approximate surface area is 139 Å². The third-order valence-corrected chi connectivity index (χ3v) is 3.24. The van der Waals surface area contributed by atoms with Gasteiger partial charge < -0.3 is 14.8 Å². The summed E-state index contributed by atoms with van der Waals surface area (Å²) >= 11 is 5.79. The fourth-order valence-electron chi connectivity index (χ4n) is 2.05. The van der Waals surface area contributed by atoms with Crippen LogP contribution in [0.1, 0.15) is 20.8 Å². The Hall–Kier alpha value is -1.86. The van der Waals surface area contributed by atoms with E-state index in [0.29, 0.717) is 12.4 Å². The topological polar surface area (TPSA) is 80.8 Å². The molecule has 1 saturated heterocycles. The Bertz CT molecular complexity index is 588. The Morgan fingerprint density at radius 2 is 2.17 bits per heavy atom. The van der Waals surface area contributed by atoms with Crippen LogP contribution in [-0.2, 0) is 14.3 Å². The number of nitrogens with one attached hydrogen (secondary N) is 1. The molecule has 23 heavy (non-hydrogen) atoms. The van der Waals surface area contributed by atoms with Crippen LogP contribution in [0.25, 0.3) is 0 Å². The second-order valence-corrected chi connectivity index (χ2v) is 6.49. The van der Waals surface area contributed by atoms with Crippen LogP contribution in [0.15, 0.2) is 18.2 Å². The molecule has 0 saturated carbocycles. The lowest BCUT2D eigenvalue weighted by atomic mass is 10.2. The highest BCUT2D eigenvalue weighted by Gasteiger charge is 2.35. The number of ether oxygens (including phenoxy) is 2. The van der Waals surface area contributed by atoms with Crippen molar-refractivity contribution in [2.75, 3.05) is 25.1 Å². The van der Waals surface area contributed by atoms with Crippen molar-refractivity contribution in [1.82, 2.24) is 9.88 Å². The lowest BCUT2D eigenvalue weighted by molar-refractivity contribution is -0.127. The molecule has 1 aromatic heterocycles. The highest BCUT2D eigenvalue weighted by atomic mass is 35.5. The number of halogens is 1. The van der Waals surface area contributed by atoms with Crippen molar-refractivity contribution in [2.45, 2.75) is 32.4 Å². The second-order valence-electron chi connectivity index (χ2n) is 6.10. The van der Waals surface area contributed by atoms with E-state index in [0.717, 1.165) is 0 Å². The molecular formula is C15H20ClN3O4. The lowest BCUT2D eigenvalue weighted by Crippen LogP contribution is -2.55. The summed E-state index contributed by atoms with van der Waals surface area (Å²) in [7, 11) is 0. The van der Waals surface area contributed by atoms with Crippen molar-refractivity contribution in [2.24, 2.45) is 0 Å². The van der Waals surface area contributed by atoms with Crippen molar-refractivity contribution >= 4 is 29.4 Å². The second kappa shape index (κ2) is 7.14. The molecule has 2 heterocycles. The molecule has 0 bridgehead atoms. The van der Waals surface area contributed by atoms with Gasteiger partial charge in [0.2, 0.25) is 0 Å². The maximum Gasteiger partial charge on any atom is 0.411 e. The van der Waals surface area contributed by atoms with Gasteiger partial charge in [-0.15, -0.1) is 0 Å². The predicted octanol–water partition coefficient (Wildman–Crippen LogP) is 2.31. The summed E-state index contributed by atoms with van der Waals surface area (Å²) in [5.74, 6) is -0.0810. The Morgan fingerprint density at radius 1 is 1.43 bits per heavy atom. The van der Waals surface area contributed by atoms with Gasteiger partial charge in [-0.05, 0) is 32.9 Å². The minimum atomic E-state index is -0.778. The van der Waals surface area contributed by atoms with Gasteiger partial charge in [-0.25, -0.2) is 9.78 Å². The molecule has 1 aliphatic heterocycles. The number of amides is 2. The highest BCUT2D eigenvalue weighted by Crippen LogP contribution is 2.16. The SMILES string of the molecule is CC(C)(C)OC(=O)N1CCOC[C@H]1C(=O)Nc1cccc(Cl)n1. The number of morpholine rings is 1. The maximum atomic E-state index is 12.4. The molecule has 126 valence electrons. The zero-order valence-corrected chi connectivity index (χ0v) is 14.1. The summed E-state index contributed by atoms with van der Waals surface area (Å²) in [6.07, 6.45) is -0.542. The average Bonchev–Trinajstić information content (AvgIpc) is 2.45. The van der Waals surface area contributed by atoms with E-state index in [1.54, 1.807) is 39.0 Å². The van der Waals surface area contributed by atoms with Crippen molar-refractivity contribution in [1.29, 1.82) is 0 Å². The largest absolute Gasteiger partial charge is 0.444 e. The maximum absolute atomic E-state index is 12.4. The molecule has 1 aromatic rings. The van der Waals surface area contributed by atoms with Gasteiger partial charge in [0.25, 0.3) is 5.91 Å². The number of nitrogens with zero attached hydrogens (tertiary/aromatic N) is 2. The van der Waals surface area contributed by atoms with E-state index in [2.05, 4.69) is 10.3 Å². The van der Waals surface area contributed by atoms with Gasteiger partial charge >= 0.3 is 6.09 Å². The van der Waals surface area contributed by atoms with Gasteiger partial charge in [-0.3, -0.25) is 9.69 Å². The Morgan fingerprint density at radius 3 is 2.83 bits per heavy atom. The number of rotatable bonds is 2. The van der Waals surface area contributed by atoms with Crippen molar-refractivity contribution in [3.63, 3.8) is 0 Å². The molecular weight excluding hydrogens is 322 g/mol. The summed E-state index contributed by atoms with van der Waals surface area (Å²) in [5, 5.41) is 2.91. The van der Waals surface area contributed by atoms with E-state index < -0.39 is 23.6 Å². The molecule has 0 unspecified atom stereocenters. The fourth-order valence-corrected chi connectivity index (χ4v) is 2.21. The smallest absolute Gasteiger partial charge is 0.411 e. The van der Waals surface area contributed by atoms with Crippen LogP contribution in [0.5, 0.6) is 0 Å². The molecule has 8 heteroatoms. The summed E-state index contributed by atoms with van der Waals surface area (Å²) in [5.41, 5.74) is -0.634. The highest BCUT2D eigenvalue weighted by molar-refractivity contribution is 6.29. The zero-order chi connectivity index (χ0) is 17.0. The van der Waals surface area contributed by atoms with Crippen LogP contribution in [0.2, 0.25) is 5.15 Å². The first-order chi connectivity index (χ1) is 10.8. The van der Waals surface area contributed by atoms with Crippen LogP contribution in [0.3, 0.4) is 0 Å². The Kier molecular flexibility index (Phi) is 5.43. The molecule has 0 spiro atoms. The van der Waals surface area contributed by atoms with Gasteiger partial charge in [0, 0.05) is 6.54 Å². The normalized spacial score (nSPS) is 18.4. The van der Waals surface area contributed by atoms with Gasteiger partial charge in [-0.1, -0.05) is 17.7 Å². The summed E-state index contributed by atoms with van der Waals surface area (Å²) in [6.45, 7) is 6.07. The molecule has 2 rings (SSSR count). The molecule has 1 atom stereocenters. The van der Waals surface area contributed by atoms with E-state index in [1.165, 1.54) is 4.90 Å². The van der Waals surface area contributed by atoms with Crippen LogP contribution in [0.4, 0.5) is 10.6 Å². The van der Waals surface area contributed by atoms with Crippen LogP contribution >= 0.6 is 11.6 Å². The van der Waals surface area contributed by atoms with Gasteiger partial charge in [0.1, 0.15) is 22.6 Å². The lowest BCUT2D eigenvalue weighted by Gasteiger charge is -2.35. The summed E-state index contributed by atoms with van der Waals surface area (Å²) < 4.78 is 10.7. The third kappa shape index (κ3) is 5.07. The van der Waals surface area contributed by atoms with Crippen LogP contribution in [-0.4, -0.2) is 53.3 Å². The number of carbonyl (C=O) groups excluding carboxylic acids is 2. The first kappa shape index (κ1) is 17.5. The molecule has 0 aliphatic carbocycles. The van der Waals surface area contributed by atoms with Gasteiger partial charge in [0.05, 0.1) is 13.2 Å². The minimum absolute atomic E-state index is 0.103. The first-order valence-electron chi connectivity index (χ1n) is 7.27. The predicted molar refractivity (Wildman–Crippen MR) is 85.4 cm³/mol. The van der Waals surface area contributed by atoms with Crippen molar-refractivity contribution < 1.29 is 19.1 Å². The average molecular weight is 342 g/mol. The molecule has 1 fully saturated rings. The quantitative estimate of drug-likeness (QED) is 0.835. The monoisotopic (exact) mass is 341 g/mol. The minimum Gasteiger partial charge on any atom is -0.444 e. The number of aromatic nitrogens is 1. The molecule has 7 nitrogen and oxygen atoms in total. The van der Waals surface area contributed by atoms with Gasteiger partial charge in [0.15, 0.2) is 0 Å². The number of pyridine rings is 1. The van der Waals surface area contributed by atoms with E-state index in [1.807, 2.05) is 0 Å². The Balaban J connectivity index is 2.08. The van der Waals surface area contributed by atoms with Crippen LogP contribution < -0.4 is 5.32 Å².